The van der Waals surface area contributed by atoms with Gasteiger partial charge in [-0.15, -0.1) is 0 Å². The molecule has 0 unspecified atom stereocenters. The first-order chi connectivity index (χ1) is 7.95. The first-order valence-electron chi connectivity index (χ1n) is 7.34. The van der Waals surface area contributed by atoms with Gasteiger partial charge in [-0.1, -0.05) is 53.4 Å². The van der Waals surface area contributed by atoms with Crippen LogP contribution in [-0.4, -0.2) is 24.3 Å². The normalized spacial score (nSPS) is 13.9. The van der Waals surface area contributed by atoms with Crippen LogP contribution in [0.15, 0.2) is 0 Å². The number of nitrogens with one attached hydrogen (secondary N) is 1. The van der Waals surface area contributed by atoms with E-state index in [1.807, 2.05) is 0 Å². The van der Waals surface area contributed by atoms with Crippen LogP contribution in [0.3, 0.4) is 0 Å². The van der Waals surface area contributed by atoms with Crippen LogP contribution in [0.25, 0.3) is 0 Å². The highest BCUT2D eigenvalue weighted by atomic mass is 16.3. The zero-order chi connectivity index (χ0) is 13.1. The van der Waals surface area contributed by atoms with Crippen molar-refractivity contribution in [2.24, 2.45) is 5.41 Å². The summed E-state index contributed by atoms with van der Waals surface area (Å²) in [6.45, 7) is 11.1. The molecule has 0 heterocycles. The molecule has 2 heteroatoms. The molecule has 17 heavy (non-hydrogen) atoms. The molecule has 0 amide bonds. The molecule has 0 aliphatic heterocycles. The SMILES string of the molecule is CCCC[C@@H](O)CCCCCNCC(C)(C)C. The average molecular weight is 243 g/mol. The molecule has 0 aromatic heterocycles. The van der Waals surface area contributed by atoms with Crippen molar-refractivity contribution in [2.75, 3.05) is 13.1 Å². The maximum absolute atomic E-state index is 9.67. The molecule has 0 saturated heterocycles. The second-order valence-electron chi connectivity index (χ2n) is 6.38. The molecule has 2 nitrogen and oxygen atoms in total. The molecule has 0 bridgehead atoms. The molecular weight excluding hydrogens is 210 g/mol. The Labute approximate surface area is 108 Å². The van der Waals surface area contributed by atoms with Crippen molar-refractivity contribution >= 4 is 0 Å². The lowest BCUT2D eigenvalue weighted by Crippen LogP contribution is -2.27. The summed E-state index contributed by atoms with van der Waals surface area (Å²) in [4.78, 5) is 0. The summed E-state index contributed by atoms with van der Waals surface area (Å²) in [6, 6.07) is 0. The van der Waals surface area contributed by atoms with Crippen molar-refractivity contribution in [1.82, 2.24) is 5.32 Å². The van der Waals surface area contributed by atoms with Crippen LogP contribution >= 0.6 is 0 Å². The van der Waals surface area contributed by atoms with Crippen molar-refractivity contribution in [2.45, 2.75) is 78.7 Å². The Morgan fingerprint density at radius 3 is 2.24 bits per heavy atom. The maximum Gasteiger partial charge on any atom is 0.0540 e. The molecule has 0 saturated carbocycles. The minimum atomic E-state index is -0.0579. The van der Waals surface area contributed by atoms with Crippen LogP contribution in [0.1, 0.15) is 72.6 Å². The second kappa shape index (κ2) is 9.90. The maximum atomic E-state index is 9.67. The minimum absolute atomic E-state index is 0.0579. The highest BCUT2D eigenvalue weighted by molar-refractivity contribution is 4.64. The standard InChI is InChI=1S/C15H33NO/c1-5-6-10-14(17)11-8-7-9-12-16-13-15(2,3)4/h14,16-17H,5-13H2,1-4H3/t14-/m1/s1. The fourth-order valence-corrected chi connectivity index (χ4v) is 1.85. The first-order valence-corrected chi connectivity index (χ1v) is 7.34. The molecule has 0 aliphatic carbocycles. The molecule has 104 valence electrons. The quantitative estimate of drug-likeness (QED) is 0.573. The van der Waals surface area contributed by atoms with Gasteiger partial charge in [-0.3, -0.25) is 0 Å². The summed E-state index contributed by atoms with van der Waals surface area (Å²) >= 11 is 0. The highest BCUT2D eigenvalue weighted by Crippen LogP contribution is 2.11. The van der Waals surface area contributed by atoms with Gasteiger partial charge < -0.3 is 10.4 Å². The van der Waals surface area contributed by atoms with Crippen molar-refractivity contribution in [1.29, 1.82) is 0 Å². The van der Waals surface area contributed by atoms with Gasteiger partial charge in [0.15, 0.2) is 0 Å². The summed E-state index contributed by atoms with van der Waals surface area (Å²) in [5.74, 6) is 0. The smallest absolute Gasteiger partial charge is 0.0540 e. The Kier molecular flexibility index (Phi) is 9.85. The third kappa shape index (κ3) is 13.9. The molecular formula is C15H33NO. The predicted molar refractivity (Wildman–Crippen MR) is 76.3 cm³/mol. The van der Waals surface area contributed by atoms with Crippen LogP contribution < -0.4 is 5.32 Å². The zero-order valence-electron chi connectivity index (χ0n) is 12.4. The van der Waals surface area contributed by atoms with E-state index in [9.17, 15) is 5.11 Å². The van der Waals surface area contributed by atoms with E-state index in [0.717, 1.165) is 32.4 Å². The lowest BCUT2D eigenvalue weighted by molar-refractivity contribution is 0.148. The molecule has 0 aromatic carbocycles. The van der Waals surface area contributed by atoms with Gasteiger partial charge in [0.1, 0.15) is 0 Å². The van der Waals surface area contributed by atoms with Crippen molar-refractivity contribution in [3.05, 3.63) is 0 Å². The van der Waals surface area contributed by atoms with Crippen LogP contribution in [-0.2, 0) is 0 Å². The average Bonchev–Trinajstić information content (AvgIpc) is 2.23. The number of hydrogen-bond acceptors (Lipinski definition) is 2. The second-order valence-corrected chi connectivity index (χ2v) is 6.38. The van der Waals surface area contributed by atoms with Gasteiger partial charge in [-0.25, -0.2) is 0 Å². The van der Waals surface area contributed by atoms with E-state index in [1.54, 1.807) is 0 Å². The van der Waals surface area contributed by atoms with Gasteiger partial charge in [-0.05, 0) is 37.8 Å². The van der Waals surface area contributed by atoms with Gasteiger partial charge >= 0.3 is 0 Å². The topological polar surface area (TPSA) is 32.3 Å². The molecule has 0 spiro atoms. The number of aliphatic hydroxyl groups is 1. The molecule has 0 radical (unpaired) electrons. The number of aliphatic hydroxyl groups excluding tert-OH is 1. The van der Waals surface area contributed by atoms with E-state index in [-0.39, 0.29) is 6.10 Å². The Balaban J connectivity index is 3.18. The molecule has 0 fully saturated rings. The summed E-state index contributed by atoms with van der Waals surface area (Å²) in [5.41, 5.74) is 0.385. The molecule has 0 aromatic rings. The Hall–Kier alpha value is -0.0800. The predicted octanol–water partition coefficient (Wildman–Crippen LogP) is 3.73. The van der Waals surface area contributed by atoms with Gasteiger partial charge in [0.05, 0.1) is 6.10 Å². The largest absolute Gasteiger partial charge is 0.393 e. The van der Waals surface area contributed by atoms with E-state index < -0.39 is 0 Å². The van der Waals surface area contributed by atoms with Gasteiger partial charge in [0.2, 0.25) is 0 Å². The Morgan fingerprint density at radius 2 is 1.65 bits per heavy atom. The first kappa shape index (κ1) is 16.9. The third-order valence-corrected chi connectivity index (χ3v) is 2.94. The Bertz CT molecular complexity index is 163. The van der Waals surface area contributed by atoms with E-state index in [1.165, 1.54) is 25.7 Å². The van der Waals surface area contributed by atoms with Crippen LogP contribution in [0, 0.1) is 5.41 Å². The van der Waals surface area contributed by atoms with Gasteiger partial charge in [0.25, 0.3) is 0 Å². The van der Waals surface area contributed by atoms with E-state index in [0.29, 0.717) is 5.41 Å². The summed E-state index contributed by atoms with van der Waals surface area (Å²) in [5, 5.41) is 13.2. The third-order valence-electron chi connectivity index (χ3n) is 2.94. The molecule has 0 rings (SSSR count). The number of rotatable bonds is 10. The fraction of sp³-hybridized carbons (Fsp3) is 1.00. The van der Waals surface area contributed by atoms with Crippen LogP contribution in [0.2, 0.25) is 0 Å². The van der Waals surface area contributed by atoms with Crippen LogP contribution in [0.5, 0.6) is 0 Å². The minimum Gasteiger partial charge on any atom is -0.393 e. The van der Waals surface area contributed by atoms with E-state index in [4.69, 9.17) is 0 Å². The summed E-state index contributed by atoms with van der Waals surface area (Å²) < 4.78 is 0. The van der Waals surface area contributed by atoms with Crippen molar-refractivity contribution < 1.29 is 5.11 Å². The number of hydrogen-bond donors (Lipinski definition) is 2. The van der Waals surface area contributed by atoms with E-state index >= 15 is 0 Å². The Morgan fingerprint density at radius 1 is 1.00 bits per heavy atom. The zero-order valence-corrected chi connectivity index (χ0v) is 12.4. The van der Waals surface area contributed by atoms with Gasteiger partial charge in [-0.2, -0.15) is 0 Å². The molecule has 2 N–H and O–H groups in total. The highest BCUT2D eigenvalue weighted by Gasteiger charge is 2.08. The van der Waals surface area contributed by atoms with Crippen molar-refractivity contribution in [3.8, 4) is 0 Å². The number of unbranched alkanes of at least 4 members (excludes halogenated alkanes) is 3. The van der Waals surface area contributed by atoms with Crippen LogP contribution in [0.4, 0.5) is 0 Å². The van der Waals surface area contributed by atoms with E-state index in [2.05, 4.69) is 33.0 Å². The lowest BCUT2D eigenvalue weighted by atomic mass is 9.97. The fourth-order valence-electron chi connectivity index (χ4n) is 1.85. The molecule has 0 aliphatic rings. The van der Waals surface area contributed by atoms with Gasteiger partial charge in [0, 0.05) is 0 Å². The molecule has 1 atom stereocenters. The van der Waals surface area contributed by atoms with Crippen molar-refractivity contribution in [3.63, 3.8) is 0 Å². The summed E-state index contributed by atoms with van der Waals surface area (Å²) in [6.07, 6.45) is 7.90. The lowest BCUT2D eigenvalue weighted by Gasteiger charge is -2.18. The summed E-state index contributed by atoms with van der Waals surface area (Å²) in [7, 11) is 0. The monoisotopic (exact) mass is 243 g/mol.